The van der Waals surface area contributed by atoms with E-state index in [1.54, 1.807) is 27.7 Å². The normalized spacial score (nSPS) is 14.2. The van der Waals surface area contributed by atoms with E-state index in [4.69, 9.17) is 4.74 Å². The second-order valence-corrected chi connectivity index (χ2v) is 6.12. The fourth-order valence-electron chi connectivity index (χ4n) is 1.55. The number of rotatable bonds is 3. The lowest BCUT2D eigenvalue weighted by Crippen LogP contribution is -2.30. The number of nitrogens with zero attached hydrogens (tertiary/aromatic N) is 2. The Labute approximate surface area is 123 Å². The number of carbonyl (C=O) groups is 1. The van der Waals surface area contributed by atoms with E-state index in [0.717, 1.165) is 10.9 Å². The van der Waals surface area contributed by atoms with Crippen LogP contribution in [0.25, 0.3) is 0 Å². The van der Waals surface area contributed by atoms with Gasteiger partial charge in [-0.05, 0) is 43.1 Å². The van der Waals surface area contributed by atoms with Crippen LogP contribution in [0.15, 0.2) is 10.7 Å². The van der Waals surface area contributed by atoms with Gasteiger partial charge in [-0.15, -0.1) is 0 Å². The lowest BCUT2D eigenvalue weighted by Gasteiger charge is -2.23. The molecule has 0 bridgehead atoms. The summed E-state index contributed by atoms with van der Waals surface area (Å²) in [7, 11) is 0. The Bertz CT molecular complexity index is 492. The first-order chi connectivity index (χ1) is 8.95. The molecule has 0 aliphatic heterocycles. The molecule has 0 saturated carbocycles. The Morgan fingerprint density at radius 3 is 2.35 bits per heavy atom. The summed E-state index contributed by atoms with van der Waals surface area (Å²) in [5, 5.41) is 3.45. The lowest BCUT2D eigenvalue weighted by atomic mass is 10.1. The molecule has 8 heteroatoms. The smallest absolute Gasteiger partial charge is 0.436 e. The highest BCUT2D eigenvalue weighted by Gasteiger charge is 2.38. The molecule has 1 atom stereocenters. The van der Waals surface area contributed by atoms with Crippen molar-refractivity contribution in [3.63, 3.8) is 0 Å². The van der Waals surface area contributed by atoms with Gasteiger partial charge in [0.25, 0.3) is 0 Å². The molecule has 0 amide bonds. The van der Waals surface area contributed by atoms with E-state index in [0.29, 0.717) is 0 Å². The minimum Gasteiger partial charge on any atom is -0.458 e. The van der Waals surface area contributed by atoms with Gasteiger partial charge in [0.15, 0.2) is 5.69 Å². The minimum atomic E-state index is -4.57. The molecule has 1 aromatic heterocycles. The van der Waals surface area contributed by atoms with E-state index in [1.165, 1.54) is 0 Å². The van der Waals surface area contributed by atoms with Gasteiger partial charge in [0.1, 0.15) is 11.6 Å². The molecule has 1 rings (SSSR count). The lowest BCUT2D eigenvalue weighted by molar-refractivity contribution is -0.160. The second kappa shape index (κ2) is 5.75. The van der Waals surface area contributed by atoms with E-state index in [-0.39, 0.29) is 10.9 Å². The zero-order chi connectivity index (χ0) is 15.7. The highest BCUT2D eigenvalue weighted by atomic mass is 79.9. The van der Waals surface area contributed by atoms with Crippen molar-refractivity contribution in [3.8, 4) is 0 Å². The molecule has 0 spiro atoms. The Kier molecular flexibility index (Phi) is 4.89. The molecule has 0 aromatic carbocycles. The maximum Gasteiger partial charge on any atom is 0.436 e. The summed E-state index contributed by atoms with van der Waals surface area (Å²) in [6.45, 7) is 6.75. The summed E-state index contributed by atoms with van der Waals surface area (Å²) in [5.41, 5.74) is -1.76. The fraction of sp³-hybridized carbons (Fsp3) is 0.667. The van der Waals surface area contributed by atoms with Crippen LogP contribution >= 0.6 is 15.9 Å². The summed E-state index contributed by atoms with van der Waals surface area (Å²) in [5.74, 6) is -0.608. The van der Waals surface area contributed by atoms with E-state index >= 15 is 0 Å². The zero-order valence-corrected chi connectivity index (χ0v) is 13.2. The summed E-state index contributed by atoms with van der Waals surface area (Å²) in [6.07, 6.45) is -3.16. The molecule has 0 radical (unpaired) electrons. The first kappa shape index (κ1) is 17.0. The molecular formula is C12H16BrF3N2O2. The Hall–Kier alpha value is -1.05. The van der Waals surface area contributed by atoms with Gasteiger partial charge in [0, 0.05) is 6.20 Å². The standard InChI is InChI=1S/C12H16BrF3N2O2/c1-5-8(10(19)20-11(2,3)4)18-6-7(13)9(17-18)12(14,15)16/h6,8H,5H2,1-4H3. The number of aromatic nitrogens is 2. The van der Waals surface area contributed by atoms with Gasteiger partial charge in [-0.2, -0.15) is 18.3 Å². The summed E-state index contributed by atoms with van der Waals surface area (Å²) in [6, 6.07) is -0.887. The molecule has 1 unspecified atom stereocenters. The van der Waals surface area contributed by atoms with Gasteiger partial charge in [-0.1, -0.05) is 6.92 Å². The largest absolute Gasteiger partial charge is 0.458 e. The van der Waals surface area contributed by atoms with Gasteiger partial charge < -0.3 is 4.74 Å². The molecule has 0 aliphatic rings. The average molecular weight is 357 g/mol. The SMILES string of the molecule is CCC(C(=O)OC(C)(C)C)n1cc(Br)c(C(F)(F)F)n1. The van der Waals surface area contributed by atoms with Crippen molar-refractivity contribution in [2.75, 3.05) is 0 Å². The van der Waals surface area contributed by atoms with Gasteiger partial charge in [-0.25, -0.2) is 4.79 Å². The summed E-state index contributed by atoms with van der Waals surface area (Å²) in [4.78, 5) is 12.0. The van der Waals surface area contributed by atoms with E-state index < -0.39 is 29.5 Å². The third-order valence-electron chi connectivity index (χ3n) is 2.34. The number of ether oxygens (including phenoxy) is 1. The zero-order valence-electron chi connectivity index (χ0n) is 11.6. The molecule has 1 aromatic rings. The van der Waals surface area contributed by atoms with Crippen LogP contribution in [0.5, 0.6) is 0 Å². The molecule has 114 valence electrons. The molecule has 0 saturated heterocycles. The maximum absolute atomic E-state index is 12.7. The molecule has 1 heterocycles. The van der Waals surface area contributed by atoms with E-state index in [2.05, 4.69) is 21.0 Å². The third kappa shape index (κ3) is 4.22. The highest BCUT2D eigenvalue weighted by Crippen LogP contribution is 2.34. The second-order valence-electron chi connectivity index (χ2n) is 5.26. The first-order valence-electron chi connectivity index (χ1n) is 6.00. The number of alkyl halides is 3. The van der Waals surface area contributed by atoms with Crippen LogP contribution in [-0.4, -0.2) is 21.4 Å². The Morgan fingerprint density at radius 2 is 2.00 bits per heavy atom. The maximum atomic E-state index is 12.7. The summed E-state index contributed by atoms with van der Waals surface area (Å²) < 4.78 is 44.0. The van der Waals surface area contributed by atoms with Gasteiger partial charge in [0.2, 0.25) is 0 Å². The Balaban J connectivity index is 3.05. The van der Waals surface area contributed by atoms with Gasteiger partial charge in [-0.3, -0.25) is 4.68 Å². The average Bonchev–Trinajstić information content (AvgIpc) is 2.57. The van der Waals surface area contributed by atoms with Crippen LogP contribution in [0, 0.1) is 0 Å². The quantitative estimate of drug-likeness (QED) is 0.770. The molecule has 20 heavy (non-hydrogen) atoms. The number of hydrogen-bond donors (Lipinski definition) is 0. The highest BCUT2D eigenvalue weighted by molar-refractivity contribution is 9.10. The van der Waals surface area contributed by atoms with Crippen molar-refractivity contribution in [3.05, 3.63) is 16.4 Å². The summed E-state index contributed by atoms with van der Waals surface area (Å²) >= 11 is 2.81. The van der Waals surface area contributed by atoms with E-state index in [9.17, 15) is 18.0 Å². The van der Waals surface area contributed by atoms with Crippen LogP contribution in [0.3, 0.4) is 0 Å². The molecule has 0 aliphatic carbocycles. The molecular weight excluding hydrogens is 341 g/mol. The van der Waals surface area contributed by atoms with E-state index in [1.807, 2.05) is 0 Å². The number of hydrogen-bond acceptors (Lipinski definition) is 3. The van der Waals surface area contributed by atoms with Crippen molar-refractivity contribution in [2.24, 2.45) is 0 Å². The molecule has 4 nitrogen and oxygen atoms in total. The van der Waals surface area contributed by atoms with Crippen LogP contribution in [-0.2, 0) is 15.7 Å². The number of esters is 1. The fourth-order valence-corrected chi connectivity index (χ4v) is 2.07. The monoisotopic (exact) mass is 356 g/mol. The van der Waals surface area contributed by atoms with Gasteiger partial charge >= 0.3 is 12.1 Å². The predicted molar refractivity (Wildman–Crippen MR) is 70.1 cm³/mol. The van der Waals surface area contributed by atoms with Gasteiger partial charge in [0.05, 0.1) is 4.47 Å². The van der Waals surface area contributed by atoms with Crippen molar-refractivity contribution < 1.29 is 22.7 Å². The Morgan fingerprint density at radius 1 is 1.45 bits per heavy atom. The van der Waals surface area contributed by atoms with Crippen molar-refractivity contribution >= 4 is 21.9 Å². The van der Waals surface area contributed by atoms with Crippen molar-refractivity contribution in [1.29, 1.82) is 0 Å². The van der Waals surface area contributed by atoms with Crippen molar-refractivity contribution in [2.45, 2.75) is 51.9 Å². The third-order valence-corrected chi connectivity index (χ3v) is 2.92. The van der Waals surface area contributed by atoms with Crippen LogP contribution in [0.2, 0.25) is 0 Å². The predicted octanol–water partition coefficient (Wildman–Crippen LogP) is 3.96. The van der Waals surface area contributed by atoms with Crippen LogP contribution in [0.4, 0.5) is 13.2 Å². The van der Waals surface area contributed by atoms with Crippen molar-refractivity contribution in [1.82, 2.24) is 9.78 Å². The molecule has 0 fully saturated rings. The number of halogens is 4. The van der Waals surface area contributed by atoms with Crippen LogP contribution in [0.1, 0.15) is 45.9 Å². The first-order valence-corrected chi connectivity index (χ1v) is 6.79. The number of carbonyl (C=O) groups excluding carboxylic acids is 1. The topological polar surface area (TPSA) is 44.1 Å². The minimum absolute atomic E-state index is 0.202. The molecule has 0 N–H and O–H groups in total. The van der Waals surface area contributed by atoms with Crippen LogP contribution < -0.4 is 0 Å².